The summed E-state index contributed by atoms with van der Waals surface area (Å²) in [6.45, 7) is 6.73. The number of benzene rings is 2. The fourth-order valence-electron chi connectivity index (χ4n) is 3.58. The number of carbonyl (C=O) groups excluding carboxylic acids is 1. The van der Waals surface area contributed by atoms with Crippen LogP contribution in [0.4, 0.5) is 0 Å². The van der Waals surface area contributed by atoms with E-state index < -0.39 is 0 Å². The maximum Gasteiger partial charge on any atom is 0.272 e. The second kappa shape index (κ2) is 8.60. The zero-order valence-electron chi connectivity index (χ0n) is 17.9. The molecule has 6 heteroatoms. The minimum Gasteiger partial charge on any atom is -0.469 e. The summed E-state index contributed by atoms with van der Waals surface area (Å²) in [4.78, 5) is 29.7. The summed E-state index contributed by atoms with van der Waals surface area (Å²) in [5.41, 5.74) is 5.79. The Labute approximate surface area is 180 Å². The van der Waals surface area contributed by atoms with Crippen LogP contribution < -0.4 is 10.9 Å². The van der Waals surface area contributed by atoms with Crippen LogP contribution in [0.25, 0.3) is 11.0 Å². The number of rotatable bonds is 6. The van der Waals surface area contributed by atoms with Crippen LogP contribution >= 0.6 is 0 Å². The second-order valence-electron chi connectivity index (χ2n) is 7.80. The predicted octanol–water partition coefficient (Wildman–Crippen LogP) is 3.94. The first-order valence-electron chi connectivity index (χ1n) is 10.3. The van der Waals surface area contributed by atoms with E-state index in [0.29, 0.717) is 30.8 Å². The van der Waals surface area contributed by atoms with Crippen molar-refractivity contribution in [2.75, 3.05) is 6.54 Å². The number of furan rings is 1. The van der Waals surface area contributed by atoms with Crippen LogP contribution in [0.2, 0.25) is 0 Å². The van der Waals surface area contributed by atoms with Gasteiger partial charge in [0.15, 0.2) is 0 Å². The summed E-state index contributed by atoms with van der Waals surface area (Å²) in [6.07, 6.45) is 2.27. The van der Waals surface area contributed by atoms with Crippen molar-refractivity contribution >= 4 is 16.9 Å². The van der Waals surface area contributed by atoms with Gasteiger partial charge >= 0.3 is 0 Å². The Morgan fingerprint density at radius 2 is 1.81 bits per heavy atom. The Bertz CT molecular complexity index is 1290. The predicted molar refractivity (Wildman–Crippen MR) is 121 cm³/mol. The fraction of sp³-hybridized carbons (Fsp3) is 0.240. The average Bonchev–Trinajstić information content (AvgIpc) is 3.27. The van der Waals surface area contributed by atoms with Gasteiger partial charge in [0.05, 0.1) is 23.8 Å². The average molecular weight is 415 g/mol. The summed E-state index contributed by atoms with van der Waals surface area (Å²) in [6, 6.07) is 15.1. The highest BCUT2D eigenvalue weighted by Gasteiger charge is 2.11. The molecule has 0 aliphatic rings. The van der Waals surface area contributed by atoms with Crippen LogP contribution in [-0.4, -0.2) is 22.0 Å². The normalized spacial score (nSPS) is 11.1. The zero-order valence-corrected chi connectivity index (χ0v) is 17.9. The fourth-order valence-corrected chi connectivity index (χ4v) is 3.58. The minimum atomic E-state index is -0.133. The van der Waals surface area contributed by atoms with Gasteiger partial charge in [-0.15, -0.1) is 0 Å². The van der Waals surface area contributed by atoms with Gasteiger partial charge < -0.3 is 14.3 Å². The molecule has 158 valence electrons. The highest BCUT2D eigenvalue weighted by molar-refractivity contribution is 5.94. The van der Waals surface area contributed by atoms with Gasteiger partial charge in [0, 0.05) is 18.5 Å². The summed E-state index contributed by atoms with van der Waals surface area (Å²) in [7, 11) is 0. The van der Waals surface area contributed by atoms with E-state index in [2.05, 4.69) is 10.3 Å². The molecule has 0 spiro atoms. The molecule has 1 amide bonds. The first kappa shape index (κ1) is 20.6. The Kier molecular flexibility index (Phi) is 5.71. The van der Waals surface area contributed by atoms with E-state index in [1.807, 2.05) is 50.2 Å². The third-order valence-corrected chi connectivity index (χ3v) is 5.52. The van der Waals surface area contributed by atoms with Crippen molar-refractivity contribution in [3.63, 3.8) is 0 Å². The van der Waals surface area contributed by atoms with Crippen molar-refractivity contribution in [3.8, 4) is 0 Å². The number of aromatic nitrogens is 2. The van der Waals surface area contributed by atoms with Gasteiger partial charge in [0.25, 0.3) is 11.5 Å². The Balaban J connectivity index is 1.52. The lowest BCUT2D eigenvalue weighted by molar-refractivity contribution is 0.0953. The maximum absolute atomic E-state index is 12.8. The Morgan fingerprint density at radius 3 is 2.52 bits per heavy atom. The number of hydrogen-bond donors (Lipinski definition) is 1. The van der Waals surface area contributed by atoms with E-state index in [1.54, 1.807) is 29.9 Å². The standard InChI is InChI=1S/C25H25N3O3/c1-16-13-22-23(14-17(16)2)28(25(30)18(3)27-22)15-19-6-8-20(9-7-19)24(29)26-11-10-21-5-4-12-31-21/h4-9,12-14H,10-11,15H2,1-3H3,(H,26,29). The van der Waals surface area contributed by atoms with Gasteiger partial charge in [0.2, 0.25) is 0 Å². The number of amides is 1. The van der Waals surface area contributed by atoms with Crippen molar-refractivity contribution in [1.29, 1.82) is 0 Å². The third kappa shape index (κ3) is 4.43. The van der Waals surface area contributed by atoms with Crippen molar-refractivity contribution < 1.29 is 9.21 Å². The van der Waals surface area contributed by atoms with Gasteiger partial charge in [0.1, 0.15) is 11.5 Å². The minimum absolute atomic E-state index is 0.101. The number of carbonyl (C=O) groups is 1. The summed E-state index contributed by atoms with van der Waals surface area (Å²) >= 11 is 0. The molecule has 4 rings (SSSR count). The SMILES string of the molecule is Cc1cc2nc(C)c(=O)n(Cc3ccc(C(=O)NCCc4ccco4)cc3)c2cc1C. The van der Waals surface area contributed by atoms with Gasteiger partial charge in [-0.3, -0.25) is 9.59 Å². The molecule has 0 bridgehead atoms. The van der Waals surface area contributed by atoms with Crippen LogP contribution in [0, 0.1) is 20.8 Å². The number of nitrogens with zero attached hydrogens (tertiary/aromatic N) is 2. The number of nitrogens with one attached hydrogen (secondary N) is 1. The van der Waals surface area contributed by atoms with E-state index in [-0.39, 0.29) is 11.5 Å². The lowest BCUT2D eigenvalue weighted by Gasteiger charge is -2.13. The van der Waals surface area contributed by atoms with Crippen LogP contribution in [0.1, 0.15) is 38.5 Å². The van der Waals surface area contributed by atoms with Crippen molar-refractivity contribution in [2.24, 2.45) is 0 Å². The molecule has 4 aromatic rings. The van der Waals surface area contributed by atoms with Crippen molar-refractivity contribution in [1.82, 2.24) is 14.9 Å². The number of hydrogen-bond acceptors (Lipinski definition) is 4. The molecule has 6 nitrogen and oxygen atoms in total. The van der Waals surface area contributed by atoms with Gasteiger partial charge in [-0.2, -0.15) is 0 Å². The number of aryl methyl sites for hydroxylation is 3. The smallest absolute Gasteiger partial charge is 0.272 e. The molecule has 0 aliphatic heterocycles. The van der Waals surface area contributed by atoms with Gasteiger partial charge in [-0.25, -0.2) is 4.98 Å². The molecule has 0 radical (unpaired) electrons. The van der Waals surface area contributed by atoms with Crippen LogP contribution in [0.3, 0.4) is 0 Å². The third-order valence-electron chi connectivity index (χ3n) is 5.52. The molecule has 0 aliphatic carbocycles. The molecule has 2 aromatic heterocycles. The quantitative estimate of drug-likeness (QED) is 0.518. The van der Waals surface area contributed by atoms with E-state index in [1.165, 1.54) is 0 Å². The first-order chi connectivity index (χ1) is 14.9. The van der Waals surface area contributed by atoms with E-state index in [0.717, 1.165) is 33.5 Å². The summed E-state index contributed by atoms with van der Waals surface area (Å²) in [5, 5.41) is 2.90. The molecule has 0 saturated carbocycles. The van der Waals surface area contributed by atoms with Crippen molar-refractivity contribution in [2.45, 2.75) is 33.7 Å². The van der Waals surface area contributed by atoms with Crippen LogP contribution in [-0.2, 0) is 13.0 Å². The zero-order chi connectivity index (χ0) is 22.0. The number of fused-ring (bicyclic) bond motifs is 1. The first-order valence-corrected chi connectivity index (χ1v) is 10.3. The molecule has 2 aromatic carbocycles. The highest BCUT2D eigenvalue weighted by Crippen LogP contribution is 2.18. The molecular formula is C25H25N3O3. The molecular weight excluding hydrogens is 390 g/mol. The molecule has 1 N–H and O–H groups in total. The monoisotopic (exact) mass is 415 g/mol. The van der Waals surface area contributed by atoms with E-state index in [4.69, 9.17) is 4.42 Å². The molecule has 0 unspecified atom stereocenters. The molecule has 0 saturated heterocycles. The molecule has 31 heavy (non-hydrogen) atoms. The van der Waals surface area contributed by atoms with Crippen LogP contribution in [0.5, 0.6) is 0 Å². The van der Waals surface area contributed by atoms with Crippen molar-refractivity contribution in [3.05, 3.63) is 98.9 Å². The topological polar surface area (TPSA) is 77.1 Å². The maximum atomic E-state index is 12.8. The lowest BCUT2D eigenvalue weighted by atomic mass is 10.1. The van der Waals surface area contributed by atoms with Gasteiger partial charge in [-0.05, 0) is 73.9 Å². The Morgan fingerprint density at radius 1 is 1.06 bits per heavy atom. The largest absolute Gasteiger partial charge is 0.469 e. The van der Waals surface area contributed by atoms with Gasteiger partial charge in [-0.1, -0.05) is 12.1 Å². The molecule has 0 fully saturated rings. The van der Waals surface area contributed by atoms with E-state index >= 15 is 0 Å². The molecule has 2 heterocycles. The van der Waals surface area contributed by atoms with E-state index in [9.17, 15) is 9.59 Å². The second-order valence-corrected chi connectivity index (χ2v) is 7.80. The summed E-state index contributed by atoms with van der Waals surface area (Å²) in [5.74, 6) is 0.706. The Hall–Kier alpha value is -3.67. The lowest BCUT2D eigenvalue weighted by Crippen LogP contribution is -2.26. The molecule has 0 atom stereocenters. The summed E-state index contributed by atoms with van der Waals surface area (Å²) < 4.78 is 7.02. The highest BCUT2D eigenvalue weighted by atomic mass is 16.3. The van der Waals surface area contributed by atoms with Crippen LogP contribution in [0.15, 0.2) is 64.0 Å².